The molecule has 0 radical (unpaired) electrons. The Hall–Kier alpha value is -1.40. The van der Waals surface area contributed by atoms with Crippen molar-refractivity contribution in [1.82, 2.24) is 4.72 Å². The van der Waals surface area contributed by atoms with E-state index in [9.17, 15) is 13.2 Å². The molecular formula is C16H24N2O3S. The third kappa shape index (κ3) is 4.08. The molecule has 0 spiro atoms. The van der Waals surface area contributed by atoms with E-state index in [1.165, 1.54) is 19.1 Å². The molecule has 1 amide bonds. The van der Waals surface area contributed by atoms with Crippen LogP contribution in [0.2, 0.25) is 0 Å². The van der Waals surface area contributed by atoms with E-state index in [2.05, 4.69) is 23.9 Å². The van der Waals surface area contributed by atoms with E-state index in [1.54, 1.807) is 12.1 Å². The van der Waals surface area contributed by atoms with Gasteiger partial charge in [-0.25, -0.2) is 13.1 Å². The second-order valence-electron chi connectivity index (χ2n) is 6.20. The molecule has 0 aromatic heterocycles. The molecule has 0 unspecified atom stereocenters. The lowest BCUT2D eigenvalue weighted by atomic mass is 9.78. The van der Waals surface area contributed by atoms with Crippen LogP contribution in [0.5, 0.6) is 0 Å². The van der Waals surface area contributed by atoms with Gasteiger partial charge >= 0.3 is 0 Å². The highest BCUT2D eigenvalue weighted by Gasteiger charge is 2.30. The standard InChI is InChI=1S/C16H24N2O3S/c1-11-5-4-6-16(12(11)2)18-22(20,21)15-9-7-14(8-10-15)17-13(3)19/h7-12,16,18H,4-6H2,1-3H3,(H,17,19)/t11-,12-,16+/m1/s1. The van der Waals surface area contributed by atoms with Crippen LogP contribution >= 0.6 is 0 Å². The molecule has 22 heavy (non-hydrogen) atoms. The van der Waals surface area contributed by atoms with E-state index >= 15 is 0 Å². The predicted octanol–water partition coefficient (Wildman–Crippen LogP) is 2.75. The van der Waals surface area contributed by atoms with Gasteiger partial charge in [-0.2, -0.15) is 0 Å². The van der Waals surface area contributed by atoms with Gasteiger partial charge in [0.15, 0.2) is 0 Å². The number of benzene rings is 1. The van der Waals surface area contributed by atoms with Crippen LogP contribution in [0.3, 0.4) is 0 Å². The summed E-state index contributed by atoms with van der Waals surface area (Å²) in [6.07, 6.45) is 3.10. The Bertz CT molecular complexity index is 625. The average Bonchev–Trinajstić information content (AvgIpc) is 2.44. The summed E-state index contributed by atoms with van der Waals surface area (Å²) in [4.78, 5) is 11.2. The zero-order chi connectivity index (χ0) is 16.3. The highest BCUT2D eigenvalue weighted by atomic mass is 32.2. The van der Waals surface area contributed by atoms with E-state index < -0.39 is 10.0 Å². The van der Waals surface area contributed by atoms with E-state index in [-0.39, 0.29) is 16.8 Å². The van der Waals surface area contributed by atoms with Gasteiger partial charge in [0.1, 0.15) is 0 Å². The number of anilines is 1. The van der Waals surface area contributed by atoms with E-state index in [1.807, 2.05) is 0 Å². The van der Waals surface area contributed by atoms with Gasteiger partial charge in [-0.1, -0.05) is 26.7 Å². The van der Waals surface area contributed by atoms with E-state index in [4.69, 9.17) is 0 Å². The van der Waals surface area contributed by atoms with Gasteiger partial charge in [-0.05, 0) is 42.5 Å². The Balaban J connectivity index is 2.11. The summed E-state index contributed by atoms with van der Waals surface area (Å²) in [6.45, 7) is 5.70. The molecule has 0 bridgehead atoms. The van der Waals surface area contributed by atoms with Crippen molar-refractivity contribution in [2.45, 2.75) is 51.0 Å². The summed E-state index contributed by atoms with van der Waals surface area (Å²) in [5.74, 6) is 0.685. The van der Waals surface area contributed by atoms with Crippen LogP contribution in [0, 0.1) is 11.8 Å². The third-order valence-electron chi connectivity index (χ3n) is 4.50. The van der Waals surface area contributed by atoms with Crippen molar-refractivity contribution in [3.8, 4) is 0 Å². The zero-order valence-corrected chi connectivity index (χ0v) is 14.1. The quantitative estimate of drug-likeness (QED) is 0.894. The fraction of sp³-hybridized carbons (Fsp3) is 0.562. The number of hydrogen-bond donors (Lipinski definition) is 2. The minimum Gasteiger partial charge on any atom is -0.326 e. The molecule has 3 atom stereocenters. The maximum atomic E-state index is 12.5. The fourth-order valence-electron chi connectivity index (χ4n) is 2.94. The summed E-state index contributed by atoms with van der Waals surface area (Å²) >= 11 is 0. The molecule has 1 aromatic carbocycles. The molecule has 0 aliphatic heterocycles. The van der Waals surface area contributed by atoms with Gasteiger partial charge in [0.25, 0.3) is 0 Å². The molecular weight excluding hydrogens is 300 g/mol. The van der Waals surface area contributed by atoms with Crippen LogP contribution in [0.1, 0.15) is 40.0 Å². The van der Waals surface area contributed by atoms with Gasteiger partial charge in [0, 0.05) is 18.7 Å². The highest BCUT2D eigenvalue weighted by Crippen LogP contribution is 2.30. The fourth-order valence-corrected chi connectivity index (χ4v) is 4.30. The van der Waals surface area contributed by atoms with Crippen molar-refractivity contribution in [2.24, 2.45) is 11.8 Å². The lowest BCUT2D eigenvalue weighted by Crippen LogP contribution is -2.43. The van der Waals surface area contributed by atoms with Crippen LogP contribution in [-0.4, -0.2) is 20.4 Å². The molecule has 1 fully saturated rings. The van der Waals surface area contributed by atoms with Crippen molar-refractivity contribution >= 4 is 21.6 Å². The first-order chi connectivity index (χ1) is 10.3. The van der Waals surface area contributed by atoms with Crippen LogP contribution in [0.25, 0.3) is 0 Å². The Morgan fingerprint density at radius 1 is 1.14 bits per heavy atom. The molecule has 2 rings (SSSR count). The maximum Gasteiger partial charge on any atom is 0.240 e. The minimum absolute atomic E-state index is 0.0104. The lowest BCUT2D eigenvalue weighted by Gasteiger charge is -2.34. The number of rotatable bonds is 4. The summed E-state index contributed by atoms with van der Waals surface area (Å²) in [5, 5.41) is 2.62. The number of carbonyl (C=O) groups excluding carboxylic acids is 1. The Kier molecular flexibility index (Phi) is 5.24. The Morgan fingerprint density at radius 2 is 1.77 bits per heavy atom. The Morgan fingerprint density at radius 3 is 2.36 bits per heavy atom. The van der Waals surface area contributed by atoms with Crippen LogP contribution in [-0.2, 0) is 14.8 Å². The van der Waals surface area contributed by atoms with Crippen LogP contribution in [0.15, 0.2) is 29.2 Å². The van der Waals surface area contributed by atoms with Gasteiger partial charge < -0.3 is 5.32 Å². The molecule has 122 valence electrons. The highest BCUT2D eigenvalue weighted by molar-refractivity contribution is 7.89. The number of hydrogen-bond acceptors (Lipinski definition) is 3. The Labute approximate surface area is 132 Å². The largest absolute Gasteiger partial charge is 0.326 e. The third-order valence-corrected chi connectivity index (χ3v) is 6.00. The first kappa shape index (κ1) is 17.0. The van der Waals surface area contributed by atoms with Gasteiger partial charge in [0.2, 0.25) is 15.9 Å². The first-order valence-electron chi connectivity index (χ1n) is 7.69. The van der Waals surface area contributed by atoms with Crippen LogP contribution in [0.4, 0.5) is 5.69 Å². The molecule has 1 aliphatic rings. The van der Waals surface area contributed by atoms with Crippen molar-refractivity contribution in [3.63, 3.8) is 0 Å². The molecule has 1 aliphatic carbocycles. The molecule has 0 saturated heterocycles. The summed E-state index contributed by atoms with van der Waals surface area (Å²) < 4.78 is 27.8. The van der Waals surface area contributed by atoms with Gasteiger partial charge in [-0.3, -0.25) is 4.79 Å². The number of sulfonamides is 1. The lowest BCUT2D eigenvalue weighted by molar-refractivity contribution is -0.114. The molecule has 0 heterocycles. The van der Waals surface area contributed by atoms with Crippen LogP contribution < -0.4 is 10.0 Å². The monoisotopic (exact) mass is 324 g/mol. The molecule has 5 nitrogen and oxygen atoms in total. The van der Waals surface area contributed by atoms with E-state index in [0.717, 1.165) is 19.3 Å². The predicted molar refractivity (Wildman–Crippen MR) is 87.0 cm³/mol. The number of carbonyl (C=O) groups is 1. The van der Waals surface area contributed by atoms with Gasteiger partial charge in [0.05, 0.1) is 4.90 Å². The molecule has 6 heteroatoms. The maximum absolute atomic E-state index is 12.5. The zero-order valence-electron chi connectivity index (χ0n) is 13.3. The van der Waals surface area contributed by atoms with Crippen molar-refractivity contribution < 1.29 is 13.2 Å². The number of amides is 1. The normalized spacial score (nSPS) is 25.7. The number of nitrogens with one attached hydrogen (secondary N) is 2. The average molecular weight is 324 g/mol. The minimum atomic E-state index is -3.52. The topological polar surface area (TPSA) is 75.3 Å². The smallest absolute Gasteiger partial charge is 0.240 e. The summed E-state index contributed by atoms with van der Waals surface area (Å²) in [7, 11) is -3.52. The van der Waals surface area contributed by atoms with Crippen molar-refractivity contribution in [2.75, 3.05) is 5.32 Å². The molecule has 1 aromatic rings. The molecule has 2 N–H and O–H groups in total. The SMILES string of the molecule is CC(=O)Nc1ccc(S(=O)(=O)N[C@H]2CCC[C@@H](C)[C@H]2C)cc1. The second-order valence-corrected chi connectivity index (χ2v) is 7.91. The van der Waals surface area contributed by atoms with Crippen molar-refractivity contribution in [3.05, 3.63) is 24.3 Å². The second kappa shape index (κ2) is 6.79. The summed E-state index contributed by atoms with van der Waals surface area (Å²) in [6, 6.07) is 6.23. The van der Waals surface area contributed by atoms with Crippen molar-refractivity contribution in [1.29, 1.82) is 0 Å². The van der Waals surface area contributed by atoms with Gasteiger partial charge in [-0.15, -0.1) is 0 Å². The van der Waals surface area contributed by atoms with E-state index in [0.29, 0.717) is 17.5 Å². The summed E-state index contributed by atoms with van der Waals surface area (Å²) in [5.41, 5.74) is 0.589. The first-order valence-corrected chi connectivity index (χ1v) is 9.18. The molecule has 1 saturated carbocycles.